The second-order valence-corrected chi connectivity index (χ2v) is 7.82. The molecule has 3 unspecified atom stereocenters. The molecule has 0 bridgehead atoms. The van der Waals surface area contributed by atoms with Gasteiger partial charge in [-0.2, -0.15) is 0 Å². The first-order valence-corrected chi connectivity index (χ1v) is 8.60. The van der Waals surface area contributed by atoms with E-state index in [1.54, 1.807) is 0 Å². The van der Waals surface area contributed by atoms with Crippen LogP contribution >= 0.6 is 0 Å². The maximum atomic E-state index is 12.0. The van der Waals surface area contributed by atoms with Crippen molar-refractivity contribution in [1.82, 2.24) is 0 Å². The Morgan fingerprint density at radius 1 is 1.13 bits per heavy atom. The minimum Gasteiger partial charge on any atom is -0.444 e. The molecule has 1 saturated carbocycles. The Labute approximate surface area is 140 Å². The molecular weight excluding hydrogens is 288 g/mol. The van der Waals surface area contributed by atoms with Gasteiger partial charge in [-0.3, -0.25) is 5.32 Å². The van der Waals surface area contributed by atoms with Gasteiger partial charge in [-0.05, 0) is 64.0 Å². The van der Waals surface area contributed by atoms with Crippen LogP contribution in [0.1, 0.15) is 53.9 Å². The topological polar surface area (TPSA) is 50.4 Å². The van der Waals surface area contributed by atoms with E-state index in [1.165, 1.54) is 19.3 Å². The summed E-state index contributed by atoms with van der Waals surface area (Å²) in [5.74, 6) is 1.44. The van der Waals surface area contributed by atoms with Crippen LogP contribution in [0.4, 0.5) is 16.2 Å². The van der Waals surface area contributed by atoms with Gasteiger partial charge in [0.05, 0.1) is 11.4 Å². The van der Waals surface area contributed by atoms with Crippen LogP contribution in [0.2, 0.25) is 0 Å². The molecule has 1 aromatic rings. The number of amides is 1. The van der Waals surface area contributed by atoms with Crippen LogP contribution in [0.3, 0.4) is 0 Å². The fourth-order valence-electron chi connectivity index (χ4n) is 3.21. The van der Waals surface area contributed by atoms with E-state index < -0.39 is 11.7 Å². The summed E-state index contributed by atoms with van der Waals surface area (Å²) in [4.78, 5) is 12.0. The SMILES string of the molecule is CC1CCC(Nc2ccccc2NC(=O)OC(C)(C)C)C(C)C1. The van der Waals surface area contributed by atoms with Gasteiger partial charge in [0.2, 0.25) is 0 Å². The molecule has 0 saturated heterocycles. The first kappa shape index (κ1) is 17.6. The molecule has 3 atom stereocenters. The lowest BCUT2D eigenvalue weighted by molar-refractivity contribution is 0.0636. The van der Waals surface area contributed by atoms with E-state index in [0.29, 0.717) is 12.0 Å². The molecule has 1 aromatic carbocycles. The maximum Gasteiger partial charge on any atom is 0.412 e. The van der Waals surface area contributed by atoms with Crippen molar-refractivity contribution in [2.75, 3.05) is 10.6 Å². The van der Waals surface area contributed by atoms with Crippen LogP contribution < -0.4 is 10.6 Å². The zero-order valence-electron chi connectivity index (χ0n) is 15.0. The van der Waals surface area contributed by atoms with Gasteiger partial charge in [0, 0.05) is 6.04 Å². The van der Waals surface area contributed by atoms with Crippen LogP contribution in [0.25, 0.3) is 0 Å². The molecular formula is C19H30N2O2. The molecule has 23 heavy (non-hydrogen) atoms. The number of hydrogen-bond donors (Lipinski definition) is 2. The Kier molecular flexibility index (Phi) is 5.55. The largest absolute Gasteiger partial charge is 0.444 e. The Hall–Kier alpha value is -1.71. The van der Waals surface area contributed by atoms with Crippen molar-refractivity contribution in [3.63, 3.8) is 0 Å². The maximum absolute atomic E-state index is 12.0. The molecule has 0 aromatic heterocycles. The van der Waals surface area contributed by atoms with Crippen molar-refractivity contribution in [1.29, 1.82) is 0 Å². The number of rotatable bonds is 3. The summed E-state index contributed by atoms with van der Waals surface area (Å²) in [6, 6.07) is 8.27. The smallest absolute Gasteiger partial charge is 0.412 e. The fraction of sp³-hybridized carbons (Fsp3) is 0.632. The van der Waals surface area contributed by atoms with E-state index >= 15 is 0 Å². The van der Waals surface area contributed by atoms with E-state index in [1.807, 2.05) is 45.0 Å². The van der Waals surface area contributed by atoms with Crippen molar-refractivity contribution in [2.24, 2.45) is 11.8 Å². The van der Waals surface area contributed by atoms with Crippen molar-refractivity contribution < 1.29 is 9.53 Å². The van der Waals surface area contributed by atoms with Gasteiger partial charge in [0.1, 0.15) is 5.60 Å². The van der Waals surface area contributed by atoms with Gasteiger partial charge in [-0.25, -0.2) is 4.79 Å². The summed E-state index contributed by atoms with van der Waals surface area (Å²) in [5, 5.41) is 6.47. The number of ether oxygens (including phenoxy) is 1. The molecule has 1 aliphatic carbocycles. The lowest BCUT2D eigenvalue weighted by Gasteiger charge is -2.34. The Morgan fingerprint density at radius 3 is 2.39 bits per heavy atom. The molecule has 0 radical (unpaired) electrons. The fourth-order valence-corrected chi connectivity index (χ4v) is 3.21. The zero-order valence-corrected chi connectivity index (χ0v) is 15.0. The average Bonchev–Trinajstić information content (AvgIpc) is 2.41. The van der Waals surface area contributed by atoms with Crippen LogP contribution in [0, 0.1) is 11.8 Å². The molecule has 2 N–H and O–H groups in total. The van der Waals surface area contributed by atoms with Gasteiger partial charge >= 0.3 is 6.09 Å². The lowest BCUT2D eigenvalue weighted by Crippen LogP contribution is -2.33. The average molecular weight is 318 g/mol. The molecule has 2 rings (SSSR count). The highest BCUT2D eigenvalue weighted by molar-refractivity contribution is 5.89. The number of carbonyl (C=O) groups excluding carboxylic acids is 1. The Bertz CT molecular complexity index is 536. The zero-order chi connectivity index (χ0) is 17.0. The minimum atomic E-state index is -0.500. The summed E-state index contributed by atoms with van der Waals surface area (Å²) in [6.07, 6.45) is 3.25. The van der Waals surface area contributed by atoms with Crippen LogP contribution in [-0.4, -0.2) is 17.7 Å². The van der Waals surface area contributed by atoms with Gasteiger partial charge in [-0.15, -0.1) is 0 Å². The Morgan fingerprint density at radius 2 is 1.78 bits per heavy atom. The monoisotopic (exact) mass is 318 g/mol. The number of nitrogens with one attached hydrogen (secondary N) is 2. The normalized spacial score (nSPS) is 24.8. The molecule has 128 valence electrons. The van der Waals surface area contributed by atoms with Crippen molar-refractivity contribution in [3.05, 3.63) is 24.3 Å². The van der Waals surface area contributed by atoms with Crippen LogP contribution in [0.15, 0.2) is 24.3 Å². The lowest BCUT2D eigenvalue weighted by atomic mass is 9.80. The van der Waals surface area contributed by atoms with E-state index in [9.17, 15) is 4.79 Å². The van der Waals surface area contributed by atoms with E-state index in [-0.39, 0.29) is 0 Å². The summed E-state index contributed by atoms with van der Waals surface area (Å²) >= 11 is 0. The van der Waals surface area contributed by atoms with Crippen molar-refractivity contribution >= 4 is 17.5 Å². The summed E-state index contributed by atoms with van der Waals surface area (Å²) in [7, 11) is 0. The molecule has 0 aliphatic heterocycles. The second-order valence-electron chi connectivity index (χ2n) is 7.82. The Balaban J connectivity index is 2.04. The van der Waals surface area contributed by atoms with Gasteiger partial charge in [0.25, 0.3) is 0 Å². The first-order valence-electron chi connectivity index (χ1n) is 8.60. The predicted octanol–water partition coefficient (Wildman–Crippen LogP) is 5.27. The summed E-state index contributed by atoms with van der Waals surface area (Å²) in [5.41, 5.74) is 1.23. The van der Waals surface area contributed by atoms with Crippen LogP contribution in [-0.2, 0) is 4.74 Å². The highest BCUT2D eigenvalue weighted by atomic mass is 16.6. The van der Waals surface area contributed by atoms with E-state index in [4.69, 9.17) is 4.74 Å². The standard InChI is InChI=1S/C19H30N2O2/c1-13-10-11-15(14(2)12-13)20-16-8-6-7-9-17(16)21-18(22)23-19(3,4)5/h6-9,13-15,20H,10-12H2,1-5H3,(H,21,22). The molecule has 4 nitrogen and oxygen atoms in total. The number of hydrogen-bond acceptors (Lipinski definition) is 3. The third kappa shape index (κ3) is 5.45. The third-order valence-electron chi connectivity index (χ3n) is 4.34. The minimum absolute atomic E-state index is 0.419. The second kappa shape index (κ2) is 7.24. The molecule has 1 fully saturated rings. The quantitative estimate of drug-likeness (QED) is 0.798. The van der Waals surface area contributed by atoms with Crippen molar-refractivity contribution in [2.45, 2.75) is 65.5 Å². The van der Waals surface area contributed by atoms with Gasteiger partial charge in [0.15, 0.2) is 0 Å². The van der Waals surface area contributed by atoms with Crippen molar-refractivity contribution in [3.8, 4) is 0 Å². The highest BCUT2D eigenvalue weighted by Gasteiger charge is 2.26. The number of para-hydroxylation sites is 2. The summed E-state index contributed by atoms with van der Waals surface area (Å²) in [6.45, 7) is 10.2. The summed E-state index contributed by atoms with van der Waals surface area (Å²) < 4.78 is 5.34. The van der Waals surface area contributed by atoms with E-state index in [0.717, 1.165) is 17.3 Å². The molecule has 0 heterocycles. The molecule has 1 aliphatic rings. The highest BCUT2D eigenvalue weighted by Crippen LogP contribution is 2.32. The van der Waals surface area contributed by atoms with Crippen LogP contribution in [0.5, 0.6) is 0 Å². The first-order chi connectivity index (χ1) is 10.7. The number of carbonyl (C=O) groups is 1. The van der Waals surface area contributed by atoms with E-state index in [2.05, 4.69) is 24.5 Å². The third-order valence-corrected chi connectivity index (χ3v) is 4.34. The number of anilines is 2. The van der Waals surface area contributed by atoms with Gasteiger partial charge in [-0.1, -0.05) is 26.0 Å². The number of benzene rings is 1. The molecule has 4 heteroatoms. The molecule has 1 amide bonds. The predicted molar refractivity (Wildman–Crippen MR) is 95.9 cm³/mol. The van der Waals surface area contributed by atoms with Gasteiger partial charge < -0.3 is 10.1 Å². The molecule has 0 spiro atoms.